The molecule has 2 N–H and O–H groups in total. The van der Waals surface area contributed by atoms with E-state index in [0.29, 0.717) is 11.3 Å². The Bertz CT molecular complexity index is 508. The van der Waals surface area contributed by atoms with E-state index in [-0.39, 0.29) is 5.91 Å². The molecule has 0 unspecified atom stereocenters. The van der Waals surface area contributed by atoms with E-state index in [1.807, 2.05) is 17.0 Å². The lowest BCUT2D eigenvalue weighted by atomic mass is 10.1. The minimum absolute atomic E-state index is 0.0928. The number of carbonyl (C=O) groups is 1. The van der Waals surface area contributed by atoms with Crippen molar-refractivity contribution in [1.29, 1.82) is 0 Å². The Morgan fingerprint density at radius 3 is 2.55 bits per heavy atom. The lowest BCUT2D eigenvalue weighted by molar-refractivity contribution is 0.0632. The van der Waals surface area contributed by atoms with Crippen LogP contribution in [0.1, 0.15) is 23.2 Å². The predicted octanol–water partition coefficient (Wildman–Crippen LogP) is 2.20. The zero-order valence-electron chi connectivity index (χ0n) is 11.5. The number of halogens is 1. The first-order chi connectivity index (χ1) is 9.63. The highest BCUT2D eigenvalue weighted by Crippen LogP contribution is 2.30. The van der Waals surface area contributed by atoms with E-state index in [0.717, 1.165) is 36.6 Å². The first-order valence-electron chi connectivity index (χ1n) is 7.20. The molecule has 3 rings (SSSR count). The van der Waals surface area contributed by atoms with Gasteiger partial charge in [-0.3, -0.25) is 9.69 Å². The van der Waals surface area contributed by atoms with E-state index in [1.165, 1.54) is 19.4 Å². The number of carbonyl (C=O) groups excluding carboxylic acids is 1. The predicted molar refractivity (Wildman–Crippen MR) is 83.6 cm³/mol. The van der Waals surface area contributed by atoms with Gasteiger partial charge in [0.2, 0.25) is 0 Å². The second kappa shape index (κ2) is 5.74. The summed E-state index contributed by atoms with van der Waals surface area (Å²) in [5, 5.41) is 0. The Kier molecular flexibility index (Phi) is 3.98. The number of nitrogen functional groups attached to an aromatic ring is 1. The number of hydrogen-bond acceptors (Lipinski definition) is 3. The summed E-state index contributed by atoms with van der Waals surface area (Å²) < 4.78 is 0.836. The highest BCUT2D eigenvalue weighted by atomic mass is 79.9. The molecule has 1 aromatic carbocycles. The van der Waals surface area contributed by atoms with Crippen LogP contribution < -0.4 is 5.73 Å². The number of anilines is 1. The van der Waals surface area contributed by atoms with Crippen LogP contribution in [0.5, 0.6) is 0 Å². The van der Waals surface area contributed by atoms with Crippen molar-refractivity contribution in [2.45, 2.75) is 12.8 Å². The van der Waals surface area contributed by atoms with Gasteiger partial charge in [-0.05, 0) is 52.9 Å². The minimum atomic E-state index is 0.0928. The quantitative estimate of drug-likeness (QED) is 0.860. The summed E-state index contributed by atoms with van der Waals surface area (Å²) in [5.41, 5.74) is 7.14. The van der Waals surface area contributed by atoms with Gasteiger partial charge in [0.15, 0.2) is 0 Å². The van der Waals surface area contributed by atoms with Gasteiger partial charge in [0.05, 0.1) is 0 Å². The SMILES string of the molecule is Nc1cc(C(=O)N2CCN(CC3CC3)CC2)ccc1Br. The van der Waals surface area contributed by atoms with Gasteiger partial charge in [0.1, 0.15) is 0 Å². The van der Waals surface area contributed by atoms with Crippen LogP contribution in [0.3, 0.4) is 0 Å². The fourth-order valence-electron chi connectivity index (χ4n) is 2.66. The molecule has 2 aliphatic rings. The zero-order valence-corrected chi connectivity index (χ0v) is 13.1. The second-order valence-electron chi connectivity index (χ2n) is 5.77. The van der Waals surface area contributed by atoms with Crippen molar-refractivity contribution in [3.63, 3.8) is 0 Å². The Morgan fingerprint density at radius 1 is 1.25 bits per heavy atom. The van der Waals surface area contributed by atoms with Gasteiger partial charge in [-0.1, -0.05) is 0 Å². The largest absolute Gasteiger partial charge is 0.398 e. The van der Waals surface area contributed by atoms with Gasteiger partial charge >= 0.3 is 0 Å². The van der Waals surface area contributed by atoms with E-state index >= 15 is 0 Å². The number of rotatable bonds is 3. The fourth-order valence-corrected chi connectivity index (χ4v) is 2.91. The van der Waals surface area contributed by atoms with Crippen LogP contribution in [0.4, 0.5) is 5.69 Å². The Hall–Kier alpha value is -1.07. The summed E-state index contributed by atoms with van der Waals surface area (Å²) >= 11 is 3.35. The molecule has 1 amide bonds. The van der Waals surface area contributed by atoms with Crippen LogP contribution in [0, 0.1) is 5.92 Å². The van der Waals surface area contributed by atoms with E-state index in [4.69, 9.17) is 5.73 Å². The lowest BCUT2D eigenvalue weighted by Crippen LogP contribution is -2.49. The number of hydrogen-bond donors (Lipinski definition) is 1. The Morgan fingerprint density at radius 2 is 1.95 bits per heavy atom. The lowest BCUT2D eigenvalue weighted by Gasteiger charge is -2.34. The number of benzene rings is 1. The average molecular weight is 338 g/mol. The smallest absolute Gasteiger partial charge is 0.254 e. The van der Waals surface area contributed by atoms with Crippen LogP contribution in [-0.2, 0) is 0 Å². The van der Waals surface area contributed by atoms with E-state index in [1.54, 1.807) is 6.07 Å². The molecule has 1 saturated carbocycles. The maximum atomic E-state index is 12.4. The first kappa shape index (κ1) is 13.9. The minimum Gasteiger partial charge on any atom is -0.398 e. The van der Waals surface area contributed by atoms with Crippen LogP contribution in [0.2, 0.25) is 0 Å². The molecule has 5 heteroatoms. The molecule has 20 heavy (non-hydrogen) atoms. The van der Waals surface area contributed by atoms with Gasteiger partial charge < -0.3 is 10.6 Å². The molecule has 1 aliphatic carbocycles. The maximum Gasteiger partial charge on any atom is 0.254 e. The third kappa shape index (κ3) is 3.15. The van der Waals surface area contributed by atoms with Crippen LogP contribution >= 0.6 is 15.9 Å². The number of piperazine rings is 1. The summed E-state index contributed by atoms with van der Waals surface area (Å²) in [7, 11) is 0. The summed E-state index contributed by atoms with van der Waals surface area (Å²) in [4.78, 5) is 16.9. The molecule has 0 spiro atoms. The standard InChI is InChI=1S/C15H20BrN3O/c16-13-4-3-12(9-14(13)17)15(20)19-7-5-18(6-8-19)10-11-1-2-11/h3-4,9,11H,1-2,5-8,10,17H2. The van der Waals surface area contributed by atoms with Crippen molar-refractivity contribution in [3.8, 4) is 0 Å². The van der Waals surface area contributed by atoms with Gasteiger partial charge in [-0.25, -0.2) is 0 Å². The molecule has 1 heterocycles. The van der Waals surface area contributed by atoms with Crippen molar-refractivity contribution in [2.24, 2.45) is 5.92 Å². The molecular weight excluding hydrogens is 318 g/mol. The summed E-state index contributed by atoms with van der Waals surface area (Å²) in [5.74, 6) is 1.01. The molecule has 108 valence electrons. The van der Waals surface area contributed by atoms with Crippen molar-refractivity contribution in [1.82, 2.24) is 9.80 Å². The molecule has 0 bridgehead atoms. The van der Waals surface area contributed by atoms with Crippen LogP contribution in [0.25, 0.3) is 0 Å². The summed E-state index contributed by atoms with van der Waals surface area (Å²) in [6.45, 7) is 4.85. The van der Waals surface area contributed by atoms with Crippen molar-refractivity contribution >= 4 is 27.5 Å². The highest BCUT2D eigenvalue weighted by molar-refractivity contribution is 9.10. The van der Waals surface area contributed by atoms with Crippen molar-refractivity contribution in [3.05, 3.63) is 28.2 Å². The monoisotopic (exact) mass is 337 g/mol. The topological polar surface area (TPSA) is 49.6 Å². The van der Waals surface area contributed by atoms with Gasteiger partial charge in [-0.15, -0.1) is 0 Å². The normalized spacial score (nSPS) is 20.1. The Balaban J connectivity index is 1.58. The highest BCUT2D eigenvalue weighted by Gasteiger charge is 2.27. The van der Waals surface area contributed by atoms with Gasteiger partial charge in [0, 0.05) is 48.4 Å². The van der Waals surface area contributed by atoms with Gasteiger partial charge in [-0.2, -0.15) is 0 Å². The molecule has 1 saturated heterocycles. The second-order valence-corrected chi connectivity index (χ2v) is 6.63. The number of nitrogens with two attached hydrogens (primary N) is 1. The number of nitrogens with zero attached hydrogens (tertiary/aromatic N) is 2. The molecule has 1 aliphatic heterocycles. The Labute approximate surface area is 128 Å². The van der Waals surface area contributed by atoms with Crippen molar-refractivity contribution in [2.75, 3.05) is 38.5 Å². The van der Waals surface area contributed by atoms with Gasteiger partial charge in [0.25, 0.3) is 5.91 Å². The maximum absolute atomic E-state index is 12.4. The third-order valence-electron chi connectivity index (χ3n) is 4.12. The van der Waals surface area contributed by atoms with Crippen LogP contribution in [0.15, 0.2) is 22.7 Å². The zero-order chi connectivity index (χ0) is 14.1. The third-order valence-corrected chi connectivity index (χ3v) is 4.84. The molecular formula is C15H20BrN3O. The average Bonchev–Trinajstić information content (AvgIpc) is 3.26. The molecule has 0 atom stereocenters. The first-order valence-corrected chi connectivity index (χ1v) is 7.99. The molecule has 4 nitrogen and oxygen atoms in total. The summed E-state index contributed by atoms with van der Waals surface area (Å²) in [6, 6.07) is 5.42. The molecule has 1 aromatic rings. The fraction of sp³-hybridized carbons (Fsp3) is 0.533. The summed E-state index contributed by atoms with van der Waals surface area (Å²) in [6.07, 6.45) is 2.77. The molecule has 0 radical (unpaired) electrons. The molecule has 0 aromatic heterocycles. The van der Waals surface area contributed by atoms with E-state index in [2.05, 4.69) is 20.8 Å². The van der Waals surface area contributed by atoms with Crippen molar-refractivity contribution < 1.29 is 4.79 Å². The molecule has 2 fully saturated rings. The van der Waals surface area contributed by atoms with Crippen LogP contribution in [-0.4, -0.2) is 48.4 Å². The van der Waals surface area contributed by atoms with E-state index < -0.39 is 0 Å². The number of amides is 1. The van der Waals surface area contributed by atoms with E-state index in [9.17, 15) is 4.79 Å².